The van der Waals surface area contributed by atoms with Crippen LogP contribution >= 0.6 is 12.4 Å². The molecule has 132 valence electrons. The maximum Gasteiger partial charge on any atom is 0.241 e. The first-order valence-corrected chi connectivity index (χ1v) is 8.51. The number of fused-ring (bicyclic) bond motifs is 1. The summed E-state index contributed by atoms with van der Waals surface area (Å²) >= 11 is 0. The minimum absolute atomic E-state index is 0. The Morgan fingerprint density at radius 2 is 1.71 bits per heavy atom. The smallest absolute Gasteiger partial charge is 0.241 e. The van der Waals surface area contributed by atoms with Gasteiger partial charge >= 0.3 is 0 Å². The zero-order chi connectivity index (χ0) is 16.1. The molecule has 5 nitrogen and oxygen atoms in total. The monoisotopic (exact) mass is 351 g/mol. The van der Waals surface area contributed by atoms with Crippen LogP contribution in [0.3, 0.4) is 0 Å². The van der Waals surface area contributed by atoms with Gasteiger partial charge in [0.2, 0.25) is 11.8 Å². The van der Waals surface area contributed by atoms with Crippen molar-refractivity contribution in [2.45, 2.75) is 19.3 Å². The number of halogens is 1. The Morgan fingerprint density at radius 3 is 2.33 bits per heavy atom. The fourth-order valence-electron chi connectivity index (χ4n) is 3.60. The van der Waals surface area contributed by atoms with E-state index in [0.29, 0.717) is 18.3 Å². The average molecular weight is 352 g/mol. The van der Waals surface area contributed by atoms with Crippen LogP contribution in [0.25, 0.3) is 0 Å². The zero-order valence-electron chi connectivity index (χ0n) is 13.9. The predicted octanol–water partition coefficient (Wildman–Crippen LogP) is 1.23. The fourth-order valence-corrected chi connectivity index (χ4v) is 3.60. The van der Waals surface area contributed by atoms with Gasteiger partial charge in [-0.3, -0.25) is 9.59 Å². The molecule has 2 aliphatic heterocycles. The second-order valence-electron chi connectivity index (χ2n) is 6.58. The van der Waals surface area contributed by atoms with Gasteiger partial charge in [-0.1, -0.05) is 30.3 Å². The molecule has 1 aromatic carbocycles. The highest BCUT2D eigenvalue weighted by Crippen LogP contribution is 2.26. The summed E-state index contributed by atoms with van der Waals surface area (Å²) in [6, 6.07) is 9.59. The molecular formula is C18H26ClN3O2. The van der Waals surface area contributed by atoms with E-state index in [1.54, 1.807) is 0 Å². The van der Waals surface area contributed by atoms with Crippen LogP contribution in [0.15, 0.2) is 30.3 Å². The molecule has 0 spiro atoms. The Bertz CT molecular complexity index is 538. The second-order valence-corrected chi connectivity index (χ2v) is 6.58. The normalized spacial score (nSPS) is 22.9. The van der Waals surface area contributed by atoms with Crippen LogP contribution in [0.4, 0.5) is 0 Å². The highest BCUT2D eigenvalue weighted by molar-refractivity contribution is 5.86. The number of nitrogens with zero attached hydrogens (tertiary/aromatic N) is 1. The third-order valence-corrected chi connectivity index (χ3v) is 5.02. The number of benzene rings is 1. The number of hydrogen-bond acceptors (Lipinski definition) is 3. The summed E-state index contributed by atoms with van der Waals surface area (Å²) in [6.07, 6.45) is 2.46. The number of rotatable bonds is 4. The number of nitrogens with one attached hydrogen (secondary N) is 2. The van der Waals surface area contributed by atoms with Crippen molar-refractivity contribution in [3.05, 3.63) is 35.9 Å². The van der Waals surface area contributed by atoms with Gasteiger partial charge in [0.05, 0.1) is 13.0 Å². The SMILES string of the molecule is Cl.O=C(Cc1ccccc1)NCC(=O)N1CC[C@@H]2CNC[C@@H]2CC1. The standard InChI is InChI=1S/C18H25N3O2.ClH/c22-17(10-14-4-2-1-3-5-14)20-13-18(23)21-8-6-15-11-19-12-16(15)7-9-21;/h1-5,15-16,19H,6-13H2,(H,20,22);1H/t15-,16+;. The van der Waals surface area contributed by atoms with Crippen molar-refractivity contribution >= 4 is 24.2 Å². The third-order valence-electron chi connectivity index (χ3n) is 5.02. The van der Waals surface area contributed by atoms with Gasteiger partial charge in [0.15, 0.2) is 0 Å². The van der Waals surface area contributed by atoms with E-state index in [0.717, 1.165) is 44.6 Å². The molecule has 2 amide bonds. The highest BCUT2D eigenvalue weighted by atomic mass is 35.5. The molecule has 6 heteroatoms. The molecule has 3 rings (SSSR count). The van der Waals surface area contributed by atoms with Crippen LogP contribution in [0.5, 0.6) is 0 Å². The van der Waals surface area contributed by atoms with E-state index >= 15 is 0 Å². The van der Waals surface area contributed by atoms with Crippen molar-refractivity contribution in [2.24, 2.45) is 11.8 Å². The van der Waals surface area contributed by atoms with E-state index < -0.39 is 0 Å². The lowest BCUT2D eigenvalue weighted by molar-refractivity contribution is -0.132. The maximum atomic E-state index is 12.3. The molecule has 24 heavy (non-hydrogen) atoms. The first-order chi connectivity index (χ1) is 11.2. The van der Waals surface area contributed by atoms with Crippen molar-refractivity contribution in [3.63, 3.8) is 0 Å². The minimum Gasteiger partial charge on any atom is -0.347 e. The Labute approximate surface area is 149 Å². The van der Waals surface area contributed by atoms with E-state index in [2.05, 4.69) is 10.6 Å². The van der Waals surface area contributed by atoms with Gasteiger partial charge in [-0.05, 0) is 43.3 Å². The van der Waals surface area contributed by atoms with Crippen molar-refractivity contribution in [3.8, 4) is 0 Å². The summed E-state index contributed by atoms with van der Waals surface area (Å²) in [4.78, 5) is 26.2. The lowest BCUT2D eigenvalue weighted by Crippen LogP contribution is -2.41. The van der Waals surface area contributed by atoms with Crippen LogP contribution in [0, 0.1) is 11.8 Å². The van der Waals surface area contributed by atoms with Crippen molar-refractivity contribution in [1.82, 2.24) is 15.5 Å². The van der Waals surface area contributed by atoms with Gasteiger partial charge in [-0.2, -0.15) is 0 Å². The third kappa shape index (κ3) is 4.95. The summed E-state index contributed by atoms with van der Waals surface area (Å²) in [6.45, 7) is 3.91. The largest absolute Gasteiger partial charge is 0.347 e. The van der Waals surface area contributed by atoms with Crippen molar-refractivity contribution < 1.29 is 9.59 Å². The summed E-state index contributed by atoms with van der Waals surface area (Å²) in [5.74, 6) is 1.36. The lowest BCUT2D eigenvalue weighted by atomic mass is 9.92. The first kappa shape index (κ1) is 18.7. The predicted molar refractivity (Wildman–Crippen MR) is 96.1 cm³/mol. The molecular weight excluding hydrogens is 326 g/mol. The molecule has 2 heterocycles. The Kier molecular flexibility index (Phi) is 7.06. The molecule has 0 aliphatic carbocycles. The van der Waals surface area contributed by atoms with E-state index in [4.69, 9.17) is 0 Å². The molecule has 1 aromatic rings. The molecule has 0 unspecified atom stereocenters. The Balaban J connectivity index is 0.00000208. The number of carbonyl (C=O) groups excluding carboxylic acids is 2. The molecule has 2 fully saturated rings. The molecule has 2 aliphatic rings. The van der Waals surface area contributed by atoms with E-state index in [9.17, 15) is 9.59 Å². The molecule has 0 aromatic heterocycles. The van der Waals surface area contributed by atoms with E-state index in [-0.39, 0.29) is 30.8 Å². The Morgan fingerprint density at radius 1 is 1.08 bits per heavy atom. The van der Waals surface area contributed by atoms with Gasteiger partial charge in [-0.15, -0.1) is 12.4 Å². The van der Waals surface area contributed by atoms with E-state index in [1.807, 2.05) is 35.2 Å². The molecule has 0 saturated carbocycles. The van der Waals surface area contributed by atoms with Gasteiger partial charge in [-0.25, -0.2) is 0 Å². The number of hydrogen-bond donors (Lipinski definition) is 2. The number of amides is 2. The van der Waals surface area contributed by atoms with Crippen LogP contribution < -0.4 is 10.6 Å². The van der Waals surface area contributed by atoms with Gasteiger partial charge in [0.1, 0.15) is 0 Å². The highest BCUT2D eigenvalue weighted by Gasteiger charge is 2.31. The molecule has 2 N–H and O–H groups in total. The van der Waals surface area contributed by atoms with Crippen LogP contribution in [0.1, 0.15) is 18.4 Å². The van der Waals surface area contributed by atoms with Gasteiger partial charge in [0, 0.05) is 13.1 Å². The summed E-state index contributed by atoms with van der Waals surface area (Å²) in [5, 5.41) is 6.20. The average Bonchev–Trinajstić information content (AvgIpc) is 2.92. The van der Waals surface area contributed by atoms with Gasteiger partial charge < -0.3 is 15.5 Å². The first-order valence-electron chi connectivity index (χ1n) is 8.51. The maximum absolute atomic E-state index is 12.3. The lowest BCUT2D eigenvalue weighted by Gasteiger charge is -2.21. The second kappa shape index (κ2) is 9.04. The summed E-state index contributed by atoms with van der Waals surface area (Å²) in [7, 11) is 0. The topological polar surface area (TPSA) is 61.4 Å². The molecule has 2 atom stereocenters. The van der Waals surface area contributed by atoms with Crippen LogP contribution in [0.2, 0.25) is 0 Å². The van der Waals surface area contributed by atoms with Crippen molar-refractivity contribution in [2.75, 3.05) is 32.7 Å². The summed E-state index contributed by atoms with van der Waals surface area (Å²) in [5.41, 5.74) is 0.965. The van der Waals surface area contributed by atoms with Crippen LogP contribution in [-0.2, 0) is 16.0 Å². The zero-order valence-corrected chi connectivity index (χ0v) is 14.7. The fraction of sp³-hybridized carbons (Fsp3) is 0.556. The number of carbonyl (C=O) groups is 2. The number of likely N-dealkylation sites (tertiary alicyclic amines) is 1. The Hall–Kier alpha value is -1.59. The molecule has 0 radical (unpaired) electrons. The van der Waals surface area contributed by atoms with Crippen molar-refractivity contribution in [1.29, 1.82) is 0 Å². The van der Waals surface area contributed by atoms with E-state index in [1.165, 1.54) is 0 Å². The van der Waals surface area contributed by atoms with Crippen LogP contribution in [-0.4, -0.2) is 49.4 Å². The quantitative estimate of drug-likeness (QED) is 0.857. The minimum atomic E-state index is -0.0968. The van der Waals surface area contributed by atoms with Gasteiger partial charge in [0.25, 0.3) is 0 Å². The molecule has 0 bridgehead atoms. The summed E-state index contributed by atoms with van der Waals surface area (Å²) < 4.78 is 0. The molecule has 2 saturated heterocycles.